The number of esters is 2. The minimum Gasteiger partial charge on any atom is -0.462 e. The van der Waals surface area contributed by atoms with Crippen LogP contribution in [0.25, 0.3) is 0 Å². The molecule has 7 heteroatoms. The Bertz CT molecular complexity index is 370. The average Bonchev–Trinajstić information content (AvgIpc) is 2.42. The van der Waals surface area contributed by atoms with E-state index in [1.54, 1.807) is 13.8 Å². The molecule has 0 aliphatic carbocycles. The van der Waals surface area contributed by atoms with Crippen molar-refractivity contribution < 1.29 is 32.2 Å². The molecule has 1 rings (SSSR count). The smallest absolute Gasteiger partial charge is 0.422 e. The molecule has 1 fully saturated rings. The molecule has 0 saturated carbocycles. The van der Waals surface area contributed by atoms with E-state index in [4.69, 9.17) is 0 Å². The van der Waals surface area contributed by atoms with Gasteiger partial charge >= 0.3 is 18.1 Å². The Hall–Kier alpha value is -1.53. The van der Waals surface area contributed by atoms with Gasteiger partial charge in [-0.25, -0.2) is 9.59 Å². The summed E-state index contributed by atoms with van der Waals surface area (Å²) in [5.41, 5.74) is -2.49. The summed E-state index contributed by atoms with van der Waals surface area (Å²) < 4.78 is 45.6. The lowest BCUT2D eigenvalue weighted by atomic mass is 9.90. The Labute approximate surface area is 95.4 Å². The Balaban J connectivity index is 2.76. The second kappa shape index (κ2) is 4.05. The SMILES string of the molecule is C=C(C(=O)O[C@H]1C(=O)OCC1(C)C)C(F)(F)F. The van der Waals surface area contributed by atoms with Crippen molar-refractivity contribution in [3.05, 3.63) is 12.2 Å². The van der Waals surface area contributed by atoms with E-state index in [2.05, 4.69) is 16.1 Å². The summed E-state index contributed by atoms with van der Waals surface area (Å²) in [6.07, 6.45) is -6.21. The summed E-state index contributed by atoms with van der Waals surface area (Å²) in [7, 11) is 0. The number of halogens is 3. The Morgan fingerprint density at radius 1 is 1.53 bits per heavy atom. The molecule has 1 saturated heterocycles. The van der Waals surface area contributed by atoms with E-state index in [9.17, 15) is 22.8 Å². The van der Waals surface area contributed by atoms with Crippen LogP contribution in [-0.4, -0.2) is 30.8 Å². The highest BCUT2D eigenvalue weighted by molar-refractivity contribution is 5.91. The van der Waals surface area contributed by atoms with Gasteiger partial charge in [0.15, 0.2) is 0 Å². The predicted molar refractivity (Wildman–Crippen MR) is 49.8 cm³/mol. The van der Waals surface area contributed by atoms with Gasteiger partial charge in [0.05, 0.1) is 0 Å². The van der Waals surface area contributed by atoms with Crippen LogP contribution in [0, 0.1) is 5.41 Å². The third-order valence-electron chi connectivity index (χ3n) is 2.32. The number of ether oxygens (including phenoxy) is 2. The normalized spacial score (nSPS) is 23.1. The number of hydrogen-bond acceptors (Lipinski definition) is 4. The van der Waals surface area contributed by atoms with Gasteiger partial charge in [-0.3, -0.25) is 0 Å². The summed E-state index contributed by atoms with van der Waals surface area (Å²) >= 11 is 0. The van der Waals surface area contributed by atoms with Crippen molar-refractivity contribution in [3.63, 3.8) is 0 Å². The summed E-state index contributed by atoms with van der Waals surface area (Å²) in [5, 5.41) is 0. The molecule has 1 heterocycles. The lowest BCUT2D eigenvalue weighted by Crippen LogP contribution is -2.36. The van der Waals surface area contributed by atoms with E-state index in [0.717, 1.165) is 0 Å². The highest BCUT2D eigenvalue weighted by Crippen LogP contribution is 2.33. The first kappa shape index (κ1) is 13.5. The second-order valence-electron chi connectivity index (χ2n) is 4.36. The Kier molecular flexibility index (Phi) is 3.22. The molecular weight excluding hydrogens is 241 g/mol. The Morgan fingerprint density at radius 2 is 2.06 bits per heavy atom. The van der Waals surface area contributed by atoms with E-state index in [1.807, 2.05) is 0 Å². The molecule has 0 spiro atoms. The van der Waals surface area contributed by atoms with Crippen molar-refractivity contribution >= 4 is 11.9 Å². The van der Waals surface area contributed by atoms with Crippen molar-refractivity contribution in [1.82, 2.24) is 0 Å². The molecule has 1 aliphatic rings. The third kappa shape index (κ3) is 2.78. The zero-order valence-corrected chi connectivity index (χ0v) is 9.26. The lowest BCUT2D eigenvalue weighted by molar-refractivity contribution is -0.166. The van der Waals surface area contributed by atoms with Gasteiger partial charge in [0.25, 0.3) is 0 Å². The molecule has 0 unspecified atom stereocenters. The molecule has 0 bridgehead atoms. The fourth-order valence-corrected chi connectivity index (χ4v) is 1.23. The van der Waals surface area contributed by atoms with Crippen LogP contribution in [0.2, 0.25) is 0 Å². The van der Waals surface area contributed by atoms with E-state index in [1.165, 1.54) is 0 Å². The maximum Gasteiger partial charge on any atom is 0.422 e. The van der Waals surface area contributed by atoms with Crippen LogP contribution in [0.1, 0.15) is 13.8 Å². The maximum atomic E-state index is 12.1. The van der Waals surface area contributed by atoms with Gasteiger partial charge < -0.3 is 9.47 Å². The molecule has 0 amide bonds. The van der Waals surface area contributed by atoms with Gasteiger partial charge in [-0.15, -0.1) is 0 Å². The average molecular weight is 252 g/mol. The number of cyclic esters (lactones) is 1. The highest BCUT2D eigenvalue weighted by Gasteiger charge is 2.48. The van der Waals surface area contributed by atoms with E-state index >= 15 is 0 Å². The van der Waals surface area contributed by atoms with Gasteiger partial charge in [0.2, 0.25) is 6.10 Å². The number of rotatable bonds is 2. The van der Waals surface area contributed by atoms with E-state index in [-0.39, 0.29) is 6.61 Å². The van der Waals surface area contributed by atoms with Crippen molar-refractivity contribution in [2.75, 3.05) is 6.61 Å². The fourth-order valence-electron chi connectivity index (χ4n) is 1.23. The first-order valence-electron chi connectivity index (χ1n) is 4.69. The summed E-state index contributed by atoms with van der Waals surface area (Å²) in [6, 6.07) is 0. The Morgan fingerprint density at radius 3 is 2.41 bits per heavy atom. The first-order chi connectivity index (χ1) is 7.55. The van der Waals surface area contributed by atoms with E-state index < -0.39 is 35.2 Å². The number of carbonyl (C=O) groups is 2. The molecule has 0 aromatic heterocycles. The second-order valence-corrected chi connectivity index (χ2v) is 4.36. The van der Waals surface area contributed by atoms with Gasteiger partial charge in [-0.1, -0.05) is 20.4 Å². The van der Waals surface area contributed by atoms with Crippen LogP contribution < -0.4 is 0 Å². The molecule has 0 radical (unpaired) electrons. The highest BCUT2D eigenvalue weighted by atomic mass is 19.4. The molecule has 4 nitrogen and oxygen atoms in total. The molecule has 17 heavy (non-hydrogen) atoms. The van der Waals surface area contributed by atoms with Crippen molar-refractivity contribution in [2.24, 2.45) is 5.41 Å². The molecule has 0 aromatic carbocycles. The summed E-state index contributed by atoms with van der Waals surface area (Å²) in [5.74, 6) is -2.51. The maximum absolute atomic E-state index is 12.1. The van der Waals surface area contributed by atoms with Gasteiger partial charge in [-0.05, 0) is 0 Å². The van der Waals surface area contributed by atoms with Crippen LogP contribution in [0.4, 0.5) is 13.2 Å². The standard InChI is InChI=1S/C10H11F3O4/c1-5(10(11,12)13)7(14)17-6-8(15)16-4-9(6,2)3/h6H,1,4H2,2-3H3/t6-/m0/s1. The van der Waals surface area contributed by atoms with Crippen LogP contribution in [0.15, 0.2) is 12.2 Å². The van der Waals surface area contributed by atoms with Crippen LogP contribution in [-0.2, 0) is 19.1 Å². The largest absolute Gasteiger partial charge is 0.462 e. The fraction of sp³-hybridized carbons (Fsp3) is 0.600. The van der Waals surface area contributed by atoms with Gasteiger partial charge in [0.1, 0.15) is 12.2 Å². The van der Waals surface area contributed by atoms with Gasteiger partial charge in [-0.2, -0.15) is 13.2 Å². The van der Waals surface area contributed by atoms with Gasteiger partial charge in [0, 0.05) is 5.41 Å². The van der Waals surface area contributed by atoms with E-state index in [0.29, 0.717) is 0 Å². The topological polar surface area (TPSA) is 52.6 Å². The van der Waals surface area contributed by atoms with Crippen molar-refractivity contribution in [2.45, 2.75) is 26.1 Å². The zero-order valence-electron chi connectivity index (χ0n) is 9.26. The lowest BCUT2D eigenvalue weighted by Gasteiger charge is -2.22. The quantitative estimate of drug-likeness (QED) is 0.553. The third-order valence-corrected chi connectivity index (χ3v) is 2.32. The van der Waals surface area contributed by atoms with Crippen LogP contribution in [0.5, 0.6) is 0 Å². The number of carbonyl (C=O) groups excluding carboxylic acids is 2. The molecular formula is C10H11F3O4. The minimum atomic E-state index is -4.87. The monoisotopic (exact) mass is 252 g/mol. The molecule has 96 valence electrons. The number of alkyl halides is 3. The van der Waals surface area contributed by atoms with Crippen molar-refractivity contribution in [3.8, 4) is 0 Å². The molecule has 1 atom stereocenters. The molecule has 1 aliphatic heterocycles. The van der Waals surface area contributed by atoms with Crippen LogP contribution >= 0.6 is 0 Å². The predicted octanol–water partition coefficient (Wildman–Crippen LogP) is 1.60. The zero-order chi connectivity index (χ0) is 13.4. The van der Waals surface area contributed by atoms with Crippen molar-refractivity contribution in [1.29, 1.82) is 0 Å². The molecule has 0 aromatic rings. The summed E-state index contributed by atoms with van der Waals surface area (Å²) in [4.78, 5) is 22.3. The van der Waals surface area contributed by atoms with Crippen LogP contribution in [0.3, 0.4) is 0 Å². The number of hydrogen-bond donors (Lipinski definition) is 0. The molecule has 0 N–H and O–H groups in total. The minimum absolute atomic E-state index is 0.0116. The first-order valence-corrected chi connectivity index (χ1v) is 4.69. The summed E-state index contributed by atoms with van der Waals surface area (Å²) in [6.45, 7) is 5.67.